The summed E-state index contributed by atoms with van der Waals surface area (Å²) in [5.74, 6) is -0.284. The molecule has 0 aliphatic rings. The van der Waals surface area contributed by atoms with Crippen LogP contribution in [0.1, 0.15) is 0 Å². The number of hydrogen-bond donors (Lipinski definition) is 2. The van der Waals surface area contributed by atoms with E-state index >= 15 is 0 Å². The summed E-state index contributed by atoms with van der Waals surface area (Å²) < 4.78 is 14.6. The second-order valence-electron chi connectivity index (χ2n) is 3.80. The van der Waals surface area contributed by atoms with Crippen molar-refractivity contribution in [2.45, 2.75) is 0 Å². The largest absolute Gasteiger partial charge is 0.351 e. The van der Waals surface area contributed by atoms with Crippen molar-refractivity contribution in [3.63, 3.8) is 0 Å². The minimum Gasteiger partial charge on any atom is -0.351 e. The molecule has 0 bridgehead atoms. The highest BCUT2D eigenvalue weighted by Crippen LogP contribution is 2.26. The molecule has 1 radical (unpaired) electrons. The summed E-state index contributed by atoms with van der Waals surface area (Å²) in [7, 11) is 0. The molecule has 0 atom stereocenters. The summed E-state index contributed by atoms with van der Waals surface area (Å²) in [4.78, 5) is 7.04. The highest BCUT2D eigenvalue weighted by molar-refractivity contribution is 14.1. The number of halogens is 2. The Hall–Kier alpha value is -1.63. The predicted octanol–water partition coefficient (Wildman–Crippen LogP) is 3.85. The Morgan fingerprint density at radius 1 is 1.33 bits per heavy atom. The van der Waals surface area contributed by atoms with Crippen LogP contribution in [0, 0.1) is 15.6 Å². The van der Waals surface area contributed by atoms with Gasteiger partial charge >= 0.3 is 0 Å². The molecule has 0 aliphatic carbocycles. The van der Waals surface area contributed by atoms with Crippen LogP contribution in [0.2, 0.25) is 0 Å². The highest BCUT2D eigenvalue weighted by Gasteiger charge is 2.07. The van der Waals surface area contributed by atoms with Crippen LogP contribution in [0.4, 0.5) is 15.8 Å². The van der Waals surface area contributed by atoms with E-state index in [4.69, 9.17) is 0 Å². The summed E-state index contributed by atoms with van der Waals surface area (Å²) in [6.45, 7) is 0. The van der Waals surface area contributed by atoms with E-state index in [1.54, 1.807) is 18.5 Å². The van der Waals surface area contributed by atoms with Crippen molar-refractivity contribution in [1.29, 1.82) is 0 Å². The second kappa shape index (κ2) is 4.56. The van der Waals surface area contributed by atoms with Crippen molar-refractivity contribution >= 4 is 44.9 Å². The molecule has 3 rings (SSSR count). The molecule has 0 amide bonds. The minimum atomic E-state index is -0.284. The second-order valence-corrected chi connectivity index (χ2v) is 5.04. The summed E-state index contributed by atoms with van der Waals surface area (Å²) >= 11 is 2.07. The summed E-state index contributed by atoms with van der Waals surface area (Å²) in [5, 5.41) is 3.90. The van der Waals surface area contributed by atoms with Crippen molar-refractivity contribution in [2.75, 3.05) is 5.32 Å². The Labute approximate surface area is 117 Å². The van der Waals surface area contributed by atoms with Crippen LogP contribution in [0.5, 0.6) is 0 Å². The molecule has 3 aromatic rings. The van der Waals surface area contributed by atoms with Gasteiger partial charge in [-0.1, -0.05) is 0 Å². The maximum Gasteiger partial charge on any atom is 0.147 e. The van der Waals surface area contributed by atoms with Gasteiger partial charge in [-0.2, -0.15) is 0 Å². The van der Waals surface area contributed by atoms with Gasteiger partial charge in [0, 0.05) is 21.4 Å². The lowest BCUT2D eigenvalue weighted by atomic mass is 10.2. The van der Waals surface area contributed by atoms with Gasteiger partial charge in [0.15, 0.2) is 0 Å². The third-order valence-corrected chi connectivity index (χ3v) is 3.27. The monoisotopic (exact) mass is 352 g/mol. The van der Waals surface area contributed by atoms with E-state index in [0.29, 0.717) is 11.4 Å². The van der Waals surface area contributed by atoms with Gasteiger partial charge in [0.1, 0.15) is 5.82 Å². The standard InChI is InChI=1S/C13H8FIN3/c14-10-5-8(15)1-2-12(10)18-13-7-17-11-3-4-16-6-9(11)13/h1-6,17-18H. The highest BCUT2D eigenvalue weighted by atomic mass is 127. The molecule has 1 aromatic carbocycles. The lowest BCUT2D eigenvalue weighted by Crippen LogP contribution is -1.93. The van der Waals surface area contributed by atoms with Crippen LogP contribution in [0.3, 0.4) is 0 Å². The number of H-pyrrole nitrogens is 1. The van der Waals surface area contributed by atoms with Gasteiger partial charge in [0.2, 0.25) is 0 Å². The minimum absolute atomic E-state index is 0.284. The third-order valence-electron chi connectivity index (χ3n) is 2.60. The third kappa shape index (κ3) is 2.05. The van der Waals surface area contributed by atoms with Crippen molar-refractivity contribution in [2.24, 2.45) is 0 Å². The lowest BCUT2D eigenvalue weighted by Gasteiger charge is -2.06. The Balaban J connectivity index is 2.01. The Morgan fingerprint density at radius 3 is 3.06 bits per heavy atom. The van der Waals surface area contributed by atoms with E-state index in [2.05, 4.69) is 44.1 Å². The Morgan fingerprint density at radius 2 is 2.22 bits per heavy atom. The van der Waals surface area contributed by atoms with Gasteiger partial charge < -0.3 is 10.3 Å². The normalized spacial score (nSPS) is 10.8. The fraction of sp³-hybridized carbons (Fsp3) is 0. The number of aromatic nitrogens is 2. The van der Waals surface area contributed by atoms with Crippen LogP contribution in [0.25, 0.3) is 10.9 Å². The number of nitrogens with one attached hydrogen (secondary N) is 2. The van der Waals surface area contributed by atoms with Gasteiger partial charge in [0.25, 0.3) is 0 Å². The number of benzene rings is 1. The fourth-order valence-corrected chi connectivity index (χ4v) is 2.18. The first kappa shape index (κ1) is 11.5. The first-order chi connectivity index (χ1) is 8.74. The van der Waals surface area contributed by atoms with E-state index in [1.807, 2.05) is 12.1 Å². The SMILES string of the molecule is Fc1cc(I)ccc1Nc1[c][nH]c2ccncc12. The van der Waals surface area contributed by atoms with Crippen LogP contribution < -0.4 is 5.32 Å². The molecule has 0 saturated carbocycles. The van der Waals surface area contributed by atoms with E-state index in [0.717, 1.165) is 14.5 Å². The molecular formula is C13H8FIN3. The molecule has 0 fully saturated rings. The number of nitrogens with zero attached hydrogens (tertiary/aromatic N) is 1. The van der Waals surface area contributed by atoms with E-state index in [1.165, 1.54) is 6.07 Å². The molecule has 89 valence electrons. The van der Waals surface area contributed by atoms with Gasteiger partial charge in [-0.25, -0.2) is 4.39 Å². The maximum absolute atomic E-state index is 13.7. The molecule has 0 spiro atoms. The molecular weight excluding hydrogens is 344 g/mol. The Bertz CT molecular complexity index is 708. The summed E-state index contributed by atoms with van der Waals surface area (Å²) in [6.07, 6.45) is 6.37. The van der Waals surface area contributed by atoms with Crippen LogP contribution >= 0.6 is 22.6 Å². The first-order valence-corrected chi connectivity index (χ1v) is 6.37. The number of anilines is 2. The quantitative estimate of drug-likeness (QED) is 0.688. The molecule has 2 aromatic heterocycles. The van der Waals surface area contributed by atoms with Crippen molar-refractivity contribution in [1.82, 2.24) is 9.97 Å². The molecule has 5 heteroatoms. The predicted molar refractivity (Wildman–Crippen MR) is 77.3 cm³/mol. The van der Waals surface area contributed by atoms with Crippen LogP contribution in [-0.4, -0.2) is 9.97 Å². The molecule has 3 nitrogen and oxygen atoms in total. The summed E-state index contributed by atoms with van der Waals surface area (Å²) in [6, 6.07) is 6.89. The maximum atomic E-state index is 13.7. The lowest BCUT2D eigenvalue weighted by molar-refractivity contribution is 0.631. The van der Waals surface area contributed by atoms with Gasteiger partial charge in [-0.15, -0.1) is 0 Å². The van der Waals surface area contributed by atoms with Gasteiger partial charge in [-0.05, 0) is 46.9 Å². The number of aromatic amines is 1. The van der Waals surface area contributed by atoms with E-state index in [-0.39, 0.29) is 5.82 Å². The van der Waals surface area contributed by atoms with Crippen molar-refractivity contribution < 1.29 is 4.39 Å². The number of rotatable bonds is 2. The Kier molecular flexibility index (Phi) is 2.91. The zero-order valence-electron chi connectivity index (χ0n) is 9.17. The molecule has 0 unspecified atom stereocenters. The van der Waals surface area contributed by atoms with E-state index in [9.17, 15) is 4.39 Å². The first-order valence-electron chi connectivity index (χ1n) is 5.29. The van der Waals surface area contributed by atoms with Gasteiger partial charge in [0.05, 0.1) is 23.1 Å². The smallest absolute Gasteiger partial charge is 0.147 e. The number of fused-ring (bicyclic) bond motifs is 1. The van der Waals surface area contributed by atoms with Crippen molar-refractivity contribution in [3.05, 3.63) is 52.2 Å². The van der Waals surface area contributed by atoms with E-state index < -0.39 is 0 Å². The number of hydrogen-bond acceptors (Lipinski definition) is 2. The molecule has 2 N–H and O–H groups in total. The van der Waals surface area contributed by atoms with Crippen molar-refractivity contribution in [3.8, 4) is 0 Å². The van der Waals surface area contributed by atoms with Gasteiger partial charge in [-0.3, -0.25) is 4.98 Å². The molecule has 2 heterocycles. The number of pyridine rings is 1. The topological polar surface area (TPSA) is 40.7 Å². The van der Waals surface area contributed by atoms with Crippen LogP contribution in [0.15, 0.2) is 36.7 Å². The fourth-order valence-electron chi connectivity index (χ4n) is 1.72. The average Bonchev–Trinajstić information content (AvgIpc) is 2.76. The molecule has 0 aliphatic heterocycles. The van der Waals surface area contributed by atoms with Crippen LogP contribution in [-0.2, 0) is 0 Å². The molecule has 18 heavy (non-hydrogen) atoms. The zero-order chi connectivity index (χ0) is 12.5. The average molecular weight is 352 g/mol. The molecule has 0 saturated heterocycles. The summed E-state index contributed by atoms with van der Waals surface area (Å²) in [5.41, 5.74) is 2.04. The zero-order valence-corrected chi connectivity index (χ0v) is 11.3.